The lowest BCUT2D eigenvalue weighted by Gasteiger charge is -2.28. The van der Waals surface area contributed by atoms with Gasteiger partial charge in [0, 0.05) is 12.6 Å². The van der Waals surface area contributed by atoms with E-state index in [2.05, 4.69) is 50.4 Å². The Morgan fingerprint density at radius 1 is 1.11 bits per heavy atom. The first kappa shape index (κ1) is 14.5. The summed E-state index contributed by atoms with van der Waals surface area (Å²) in [5, 5.41) is 13.4. The Balaban J connectivity index is 1.89. The van der Waals surface area contributed by atoms with Gasteiger partial charge in [-0.2, -0.15) is 0 Å². The van der Waals surface area contributed by atoms with Crippen LogP contribution in [0.1, 0.15) is 57.6 Å². The van der Waals surface area contributed by atoms with Crippen LogP contribution in [0, 0.1) is 0 Å². The highest BCUT2D eigenvalue weighted by Gasteiger charge is 2.22. The zero-order valence-electron chi connectivity index (χ0n) is 12.4. The van der Waals surface area contributed by atoms with Crippen LogP contribution in [0.15, 0.2) is 24.3 Å². The number of benzene rings is 1. The van der Waals surface area contributed by atoms with Crippen molar-refractivity contribution in [1.29, 1.82) is 0 Å². The van der Waals surface area contributed by atoms with Crippen molar-refractivity contribution in [1.82, 2.24) is 5.32 Å². The Labute approximate surface area is 117 Å². The Morgan fingerprint density at radius 3 is 2.32 bits per heavy atom. The van der Waals surface area contributed by atoms with Gasteiger partial charge in [0.2, 0.25) is 0 Å². The highest BCUT2D eigenvalue weighted by Crippen LogP contribution is 2.22. The third-order valence-corrected chi connectivity index (χ3v) is 4.12. The summed E-state index contributed by atoms with van der Waals surface area (Å²) in [5.74, 6) is 0. The van der Waals surface area contributed by atoms with Crippen molar-refractivity contribution in [3.8, 4) is 0 Å². The van der Waals surface area contributed by atoms with Crippen LogP contribution in [0.2, 0.25) is 0 Å². The molecule has 0 aliphatic heterocycles. The second-order valence-corrected chi connectivity index (χ2v) is 6.79. The second kappa shape index (κ2) is 6.06. The lowest BCUT2D eigenvalue weighted by Crippen LogP contribution is -2.41. The topological polar surface area (TPSA) is 32.3 Å². The van der Waals surface area contributed by atoms with E-state index in [9.17, 15) is 5.11 Å². The van der Waals surface area contributed by atoms with Gasteiger partial charge in [0.1, 0.15) is 0 Å². The first-order valence-corrected chi connectivity index (χ1v) is 7.48. The SMILES string of the molecule is CC(C)(C)c1ccc(CNC2CCCCC2O)cc1. The lowest BCUT2D eigenvalue weighted by atomic mass is 9.86. The molecule has 106 valence electrons. The Kier molecular flexibility index (Phi) is 4.64. The van der Waals surface area contributed by atoms with Crippen molar-refractivity contribution in [2.45, 2.75) is 70.6 Å². The van der Waals surface area contributed by atoms with Gasteiger partial charge in [0.25, 0.3) is 0 Å². The molecule has 2 nitrogen and oxygen atoms in total. The van der Waals surface area contributed by atoms with E-state index in [-0.39, 0.29) is 17.6 Å². The second-order valence-electron chi connectivity index (χ2n) is 6.79. The predicted octanol–water partition coefficient (Wildman–Crippen LogP) is 3.38. The quantitative estimate of drug-likeness (QED) is 0.874. The smallest absolute Gasteiger partial charge is 0.0693 e. The predicted molar refractivity (Wildman–Crippen MR) is 80.2 cm³/mol. The highest BCUT2D eigenvalue weighted by molar-refractivity contribution is 5.27. The number of hydrogen-bond donors (Lipinski definition) is 2. The first-order chi connectivity index (χ1) is 8.97. The lowest BCUT2D eigenvalue weighted by molar-refractivity contribution is 0.0902. The number of aliphatic hydroxyl groups excluding tert-OH is 1. The summed E-state index contributed by atoms with van der Waals surface area (Å²) in [5.41, 5.74) is 2.88. The van der Waals surface area contributed by atoms with Gasteiger partial charge in [-0.25, -0.2) is 0 Å². The Hall–Kier alpha value is -0.860. The van der Waals surface area contributed by atoms with E-state index in [0.717, 1.165) is 19.4 Å². The van der Waals surface area contributed by atoms with Crippen molar-refractivity contribution in [2.75, 3.05) is 0 Å². The van der Waals surface area contributed by atoms with Crippen LogP contribution >= 0.6 is 0 Å². The van der Waals surface area contributed by atoms with E-state index >= 15 is 0 Å². The highest BCUT2D eigenvalue weighted by atomic mass is 16.3. The Morgan fingerprint density at radius 2 is 1.74 bits per heavy atom. The van der Waals surface area contributed by atoms with Gasteiger partial charge < -0.3 is 10.4 Å². The molecule has 2 atom stereocenters. The van der Waals surface area contributed by atoms with Crippen LogP contribution in [0.5, 0.6) is 0 Å². The third-order valence-electron chi connectivity index (χ3n) is 4.12. The van der Waals surface area contributed by atoms with E-state index in [1.165, 1.54) is 24.0 Å². The molecule has 1 aliphatic carbocycles. The maximum Gasteiger partial charge on any atom is 0.0693 e. The summed E-state index contributed by atoms with van der Waals surface area (Å²) in [4.78, 5) is 0. The molecule has 0 radical (unpaired) electrons. The molecule has 1 aromatic carbocycles. The number of nitrogens with one attached hydrogen (secondary N) is 1. The minimum absolute atomic E-state index is 0.164. The van der Waals surface area contributed by atoms with Crippen molar-refractivity contribution >= 4 is 0 Å². The van der Waals surface area contributed by atoms with Gasteiger partial charge in [0.15, 0.2) is 0 Å². The fourth-order valence-electron chi connectivity index (χ4n) is 2.72. The van der Waals surface area contributed by atoms with E-state index in [4.69, 9.17) is 0 Å². The third kappa shape index (κ3) is 4.05. The van der Waals surface area contributed by atoms with Crippen LogP contribution in [0.3, 0.4) is 0 Å². The van der Waals surface area contributed by atoms with Gasteiger partial charge in [-0.15, -0.1) is 0 Å². The van der Waals surface area contributed by atoms with E-state index in [1.54, 1.807) is 0 Å². The maximum absolute atomic E-state index is 9.94. The molecule has 0 spiro atoms. The number of aliphatic hydroxyl groups is 1. The van der Waals surface area contributed by atoms with Crippen molar-refractivity contribution in [2.24, 2.45) is 0 Å². The molecule has 2 N–H and O–H groups in total. The standard InChI is InChI=1S/C17H27NO/c1-17(2,3)14-10-8-13(9-11-14)12-18-15-6-4-5-7-16(15)19/h8-11,15-16,18-19H,4-7,12H2,1-3H3. The molecular formula is C17H27NO. The molecule has 1 aliphatic rings. The fourth-order valence-corrected chi connectivity index (χ4v) is 2.72. The molecule has 1 saturated carbocycles. The molecule has 0 amide bonds. The molecule has 2 rings (SSSR count). The van der Waals surface area contributed by atoms with E-state index < -0.39 is 0 Å². The summed E-state index contributed by atoms with van der Waals surface area (Å²) in [6.07, 6.45) is 4.28. The van der Waals surface area contributed by atoms with Gasteiger partial charge >= 0.3 is 0 Å². The number of hydrogen-bond acceptors (Lipinski definition) is 2. The largest absolute Gasteiger partial charge is 0.392 e. The minimum Gasteiger partial charge on any atom is -0.392 e. The molecule has 19 heavy (non-hydrogen) atoms. The summed E-state index contributed by atoms with van der Waals surface area (Å²) in [6, 6.07) is 9.10. The molecule has 0 aromatic heterocycles. The average Bonchev–Trinajstić information content (AvgIpc) is 2.37. The zero-order chi connectivity index (χ0) is 13.9. The molecule has 0 saturated heterocycles. The Bertz CT molecular complexity index is 391. The molecule has 2 heteroatoms. The van der Waals surface area contributed by atoms with Gasteiger partial charge in [-0.05, 0) is 29.4 Å². The van der Waals surface area contributed by atoms with Crippen LogP contribution < -0.4 is 5.32 Å². The monoisotopic (exact) mass is 261 g/mol. The molecule has 2 unspecified atom stereocenters. The summed E-state index contributed by atoms with van der Waals surface area (Å²) >= 11 is 0. The molecule has 0 heterocycles. The van der Waals surface area contributed by atoms with Gasteiger partial charge in [-0.1, -0.05) is 57.9 Å². The van der Waals surface area contributed by atoms with Crippen LogP contribution in [-0.4, -0.2) is 17.3 Å². The van der Waals surface area contributed by atoms with E-state index in [1.807, 2.05) is 0 Å². The van der Waals surface area contributed by atoms with Crippen molar-refractivity contribution in [3.63, 3.8) is 0 Å². The zero-order valence-corrected chi connectivity index (χ0v) is 12.4. The van der Waals surface area contributed by atoms with Crippen molar-refractivity contribution < 1.29 is 5.11 Å². The molecule has 1 fully saturated rings. The molecular weight excluding hydrogens is 234 g/mol. The van der Waals surface area contributed by atoms with Gasteiger partial charge in [0.05, 0.1) is 6.10 Å². The summed E-state index contributed by atoms with van der Waals surface area (Å²) < 4.78 is 0. The average molecular weight is 261 g/mol. The molecule has 1 aromatic rings. The van der Waals surface area contributed by atoms with E-state index in [0.29, 0.717) is 0 Å². The van der Waals surface area contributed by atoms with Crippen LogP contribution in [0.25, 0.3) is 0 Å². The molecule has 0 bridgehead atoms. The first-order valence-electron chi connectivity index (χ1n) is 7.48. The van der Waals surface area contributed by atoms with Crippen LogP contribution in [0.4, 0.5) is 0 Å². The normalized spacial score (nSPS) is 24.4. The van der Waals surface area contributed by atoms with Crippen molar-refractivity contribution in [3.05, 3.63) is 35.4 Å². The minimum atomic E-state index is -0.164. The fraction of sp³-hybridized carbons (Fsp3) is 0.647. The maximum atomic E-state index is 9.94. The van der Waals surface area contributed by atoms with Crippen LogP contribution in [-0.2, 0) is 12.0 Å². The summed E-state index contributed by atoms with van der Waals surface area (Å²) in [7, 11) is 0. The summed E-state index contributed by atoms with van der Waals surface area (Å²) in [6.45, 7) is 7.56. The number of rotatable bonds is 3. The van der Waals surface area contributed by atoms with Gasteiger partial charge in [-0.3, -0.25) is 0 Å².